The molecule has 0 aliphatic carbocycles. The van der Waals surface area contributed by atoms with Crippen molar-refractivity contribution < 1.29 is 0 Å². The van der Waals surface area contributed by atoms with Gasteiger partial charge in [-0.05, 0) is 31.1 Å². The maximum absolute atomic E-state index is 4.15. The molecule has 1 atom stereocenters. The van der Waals surface area contributed by atoms with E-state index in [0.717, 1.165) is 11.8 Å². The Kier molecular flexibility index (Phi) is 6.14. The van der Waals surface area contributed by atoms with E-state index in [1.807, 2.05) is 0 Å². The second-order valence-corrected chi connectivity index (χ2v) is 4.28. The van der Waals surface area contributed by atoms with Crippen LogP contribution in [-0.4, -0.2) is 0 Å². The van der Waals surface area contributed by atoms with Gasteiger partial charge in [0.05, 0.1) is 0 Å². The Morgan fingerprint density at radius 3 is 2.17 bits per heavy atom. The van der Waals surface area contributed by atoms with Gasteiger partial charge in [-0.3, -0.25) is 0 Å². The molecule has 72 valence electrons. The first-order valence-corrected chi connectivity index (χ1v) is 5.25. The SMILES string of the molecule is C=C(CCC(C)C)C(C)CCC. The number of rotatable bonds is 6. The van der Waals surface area contributed by atoms with Crippen LogP contribution < -0.4 is 0 Å². The first-order valence-electron chi connectivity index (χ1n) is 5.25. The molecule has 0 aromatic heterocycles. The van der Waals surface area contributed by atoms with Gasteiger partial charge in [0, 0.05) is 0 Å². The molecule has 0 heterocycles. The standard InChI is InChI=1S/C12H24/c1-6-7-11(4)12(5)9-8-10(2)3/h10-11H,5-9H2,1-4H3. The quantitative estimate of drug-likeness (QED) is 0.515. The summed E-state index contributed by atoms with van der Waals surface area (Å²) < 4.78 is 0. The monoisotopic (exact) mass is 168 g/mol. The van der Waals surface area contributed by atoms with Crippen molar-refractivity contribution in [2.24, 2.45) is 11.8 Å². The van der Waals surface area contributed by atoms with E-state index < -0.39 is 0 Å². The van der Waals surface area contributed by atoms with Gasteiger partial charge in [-0.2, -0.15) is 0 Å². The van der Waals surface area contributed by atoms with Crippen molar-refractivity contribution in [3.8, 4) is 0 Å². The average molecular weight is 168 g/mol. The van der Waals surface area contributed by atoms with Gasteiger partial charge >= 0.3 is 0 Å². The van der Waals surface area contributed by atoms with Crippen LogP contribution in [0.1, 0.15) is 53.4 Å². The topological polar surface area (TPSA) is 0 Å². The highest BCUT2D eigenvalue weighted by Crippen LogP contribution is 2.20. The molecule has 0 saturated carbocycles. The van der Waals surface area contributed by atoms with Crippen molar-refractivity contribution in [1.29, 1.82) is 0 Å². The second-order valence-electron chi connectivity index (χ2n) is 4.28. The van der Waals surface area contributed by atoms with Crippen LogP contribution in [0.4, 0.5) is 0 Å². The lowest BCUT2D eigenvalue weighted by molar-refractivity contribution is 0.527. The molecule has 0 radical (unpaired) electrons. The van der Waals surface area contributed by atoms with E-state index in [-0.39, 0.29) is 0 Å². The first kappa shape index (κ1) is 11.7. The summed E-state index contributed by atoms with van der Waals surface area (Å²) in [6.07, 6.45) is 5.10. The third-order valence-corrected chi connectivity index (χ3v) is 2.46. The maximum atomic E-state index is 4.15. The molecular formula is C12H24. The predicted molar refractivity (Wildman–Crippen MR) is 57.3 cm³/mol. The smallest absolute Gasteiger partial charge is 0.0234 e. The van der Waals surface area contributed by atoms with Crippen LogP contribution in [0.25, 0.3) is 0 Å². The first-order chi connectivity index (χ1) is 5.57. The molecular weight excluding hydrogens is 144 g/mol. The molecule has 0 aromatic carbocycles. The Bertz CT molecular complexity index is 122. The van der Waals surface area contributed by atoms with E-state index in [4.69, 9.17) is 0 Å². The highest BCUT2D eigenvalue weighted by molar-refractivity contribution is 4.98. The maximum Gasteiger partial charge on any atom is -0.0234 e. The van der Waals surface area contributed by atoms with Crippen molar-refractivity contribution in [2.75, 3.05) is 0 Å². The van der Waals surface area contributed by atoms with Gasteiger partial charge in [0.1, 0.15) is 0 Å². The second kappa shape index (κ2) is 6.28. The summed E-state index contributed by atoms with van der Waals surface area (Å²) >= 11 is 0. The number of allylic oxidation sites excluding steroid dienone is 1. The molecule has 0 spiro atoms. The molecule has 0 aliphatic rings. The fraction of sp³-hybridized carbons (Fsp3) is 0.833. The lowest BCUT2D eigenvalue weighted by Gasteiger charge is -2.14. The van der Waals surface area contributed by atoms with E-state index in [0.29, 0.717) is 0 Å². The summed E-state index contributed by atoms with van der Waals surface area (Å²) in [6.45, 7) is 13.2. The zero-order valence-electron chi connectivity index (χ0n) is 9.19. The van der Waals surface area contributed by atoms with Crippen LogP contribution in [-0.2, 0) is 0 Å². The van der Waals surface area contributed by atoms with E-state index in [9.17, 15) is 0 Å². The number of hydrogen-bond acceptors (Lipinski definition) is 0. The van der Waals surface area contributed by atoms with Crippen molar-refractivity contribution in [3.63, 3.8) is 0 Å². The summed E-state index contributed by atoms with van der Waals surface area (Å²) in [7, 11) is 0. The lowest BCUT2D eigenvalue weighted by Crippen LogP contribution is -1.99. The summed E-state index contributed by atoms with van der Waals surface area (Å²) in [5.41, 5.74) is 1.45. The van der Waals surface area contributed by atoms with E-state index in [1.165, 1.54) is 31.3 Å². The minimum atomic E-state index is 0.730. The fourth-order valence-electron chi connectivity index (χ4n) is 1.36. The van der Waals surface area contributed by atoms with Crippen LogP contribution in [0.2, 0.25) is 0 Å². The van der Waals surface area contributed by atoms with Crippen LogP contribution in [0.15, 0.2) is 12.2 Å². The van der Waals surface area contributed by atoms with Crippen LogP contribution >= 0.6 is 0 Å². The van der Waals surface area contributed by atoms with Crippen molar-refractivity contribution >= 4 is 0 Å². The highest BCUT2D eigenvalue weighted by Gasteiger charge is 2.05. The molecule has 0 nitrogen and oxygen atoms in total. The van der Waals surface area contributed by atoms with Gasteiger partial charge in [0.15, 0.2) is 0 Å². The van der Waals surface area contributed by atoms with E-state index >= 15 is 0 Å². The number of hydrogen-bond donors (Lipinski definition) is 0. The summed E-state index contributed by atoms with van der Waals surface area (Å²) in [6, 6.07) is 0. The molecule has 0 rings (SSSR count). The van der Waals surface area contributed by atoms with Crippen LogP contribution in [0.3, 0.4) is 0 Å². The van der Waals surface area contributed by atoms with Gasteiger partial charge in [-0.25, -0.2) is 0 Å². The fourth-order valence-corrected chi connectivity index (χ4v) is 1.36. The Hall–Kier alpha value is -0.260. The zero-order chi connectivity index (χ0) is 9.56. The van der Waals surface area contributed by atoms with Gasteiger partial charge in [-0.15, -0.1) is 0 Å². The Morgan fingerprint density at radius 2 is 1.75 bits per heavy atom. The highest BCUT2D eigenvalue weighted by atomic mass is 14.1. The summed E-state index contributed by atoms with van der Waals surface area (Å²) in [5, 5.41) is 0. The molecule has 0 heteroatoms. The third kappa shape index (κ3) is 5.40. The largest absolute Gasteiger partial charge is 0.0996 e. The zero-order valence-corrected chi connectivity index (χ0v) is 9.19. The molecule has 1 unspecified atom stereocenters. The predicted octanol–water partition coefficient (Wildman–Crippen LogP) is 4.42. The molecule has 0 aliphatic heterocycles. The molecule has 0 saturated heterocycles. The van der Waals surface area contributed by atoms with Crippen LogP contribution in [0.5, 0.6) is 0 Å². The van der Waals surface area contributed by atoms with Gasteiger partial charge < -0.3 is 0 Å². The van der Waals surface area contributed by atoms with Crippen molar-refractivity contribution in [3.05, 3.63) is 12.2 Å². The van der Waals surface area contributed by atoms with Gasteiger partial charge in [0.25, 0.3) is 0 Å². The molecule has 0 fully saturated rings. The van der Waals surface area contributed by atoms with Crippen molar-refractivity contribution in [1.82, 2.24) is 0 Å². The lowest BCUT2D eigenvalue weighted by atomic mass is 9.92. The third-order valence-electron chi connectivity index (χ3n) is 2.46. The molecule has 0 aromatic rings. The minimum Gasteiger partial charge on any atom is -0.0996 e. The van der Waals surface area contributed by atoms with Gasteiger partial charge in [0.2, 0.25) is 0 Å². The Morgan fingerprint density at radius 1 is 1.17 bits per heavy atom. The van der Waals surface area contributed by atoms with Gasteiger partial charge in [-0.1, -0.05) is 46.3 Å². The molecule has 0 bridgehead atoms. The average Bonchev–Trinajstić information content (AvgIpc) is 2.00. The normalized spacial score (nSPS) is 13.4. The Labute approximate surface area is 78.1 Å². The van der Waals surface area contributed by atoms with Crippen LogP contribution in [0, 0.1) is 11.8 Å². The molecule has 12 heavy (non-hydrogen) atoms. The molecule has 0 amide bonds. The van der Waals surface area contributed by atoms with E-state index in [2.05, 4.69) is 34.3 Å². The van der Waals surface area contributed by atoms with E-state index in [1.54, 1.807) is 0 Å². The summed E-state index contributed by atoms with van der Waals surface area (Å²) in [4.78, 5) is 0. The molecule has 0 N–H and O–H groups in total. The minimum absolute atomic E-state index is 0.730. The summed E-state index contributed by atoms with van der Waals surface area (Å²) in [5.74, 6) is 1.55. The Balaban J connectivity index is 3.57. The van der Waals surface area contributed by atoms with Crippen molar-refractivity contribution in [2.45, 2.75) is 53.4 Å².